The van der Waals surface area contributed by atoms with Crippen LogP contribution in [0.3, 0.4) is 0 Å². The number of ether oxygens (including phenoxy) is 1. The van der Waals surface area contributed by atoms with Crippen LogP contribution in [0.25, 0.3) is 0 Å². The third-order valence-corrected chi connectivity index (χ3v) is 3.87. The van der Waals surface area contributed by atoms with Crippen LogP contribution in [0.4, 0.5) is 8.78 Å². The number of aliphatic hydroxyl groups excluding tert-OH is 1. The molecule has 0 spiro atoms. The molecule has 0 saturated carbocycles. The van der Waals surface area contributed by atoms with E-state index in [1.54, 1.807) is 12.1 Å². The molecule has 1 fully saturated rings. The highest BCUT2D eigenvalue weighted by Gasteiger charge is 2.24. The summed E-state index contributed by atoms with van der Waals surface area (Å²) in [5.74, 6) is 0.332. The molecule has 1 saturated heterocycles. The molecule has 1 aliphatic heterocycles. The first-order chi connectivity index (χ1) is 9.56. The van der Waals surface area contributed by atoms with Gasteiger partial charge < -0.3 is 20.5 Å². The highest BCUT2D eigenvalue weighted by Crippen LogP contribution is 2.27. The van der Waals surface area contributed by atoms with Crippen molar-refractivity contribution < 1.29 is 18.6 Å². The minimum atomic E-state index is -2.83. The van der Waals surface area contributed by atoms with Crippen molar-refractivity contribution in [3.8, 4) is 5.75 Å². The number of nitrogens with one attached hydrogen (secondary N) is 2. The maximum Gasteiger partial charge on any atom is 0.387 e. The second kappa shape index (κ2) is 7.31. The van der Waals surface area contributed by atoms with Gasteiger partial charge in [0.2, 0.25) is 0 Å². The van der Waals surface area contributed by atoms with Crippen molar-refractivity contribution in [2.45, 2.75) is 19.3 Å². The van der Waals surface area contributed by atoms with Crippen LogP contribution in [0.15, 0.2) is 22.7 Å². The molecule has 4 nitrogen and oxygen atoms in total. The van der Waals surface area contributed by atoms with Crippen LogP contribution < -0.4 is 15.4 Å². The molecule has 20 heavy (non-hydrogen) atoms. The van der Waals surface area contributed by atoms with Gasteiger partial charge in [-0.3, -0.25) is 0 Å². The number of hydrogen-bond donors (Lipinski definition) is 3. The summed E-state index contributed by atoms with van der Waals surface area (Å²) in [5, 5.41) is 16.0. The average Bonchev–Trinajstić information content (AvgIpc) is 2.78. The van der Waals surface area contributed by atoms with Gasteiger partial charge in [-0.05, 0) is 33.6 Å². The zero-order valence-electron chi connectivity index (χ0n) is 10.8. The lowest BCUT2D eigenvalue weighted by molar-refractivity contribution is -0.0503. The van der Waals surface area contributed by atoms with Crippen LogP contribution in [-0.4, -0.2) is 37.5 Å². The Bertz CT molecular complexity index is 448. The van der Waals surface area contributed by atoms with Gasteiger partial charge in [0.15, 0.2) is 0 Å². The Morgan fingerprint density at radius 3 is 2.85 bits per heavy atom. The third-order valence-electron chi connectivity index (χ3n) is 3.25. The molecule has 1 aromatic carbocycles. The molecule has 3 N–H and O–H groups in total. The van der Waals surface area contributed by atoms with Gasteiger partial charge in [0.25, 0.3) is 0 Å². The van der Waals surface area contributed by atoms with E-state index in [1.807, 2.05) is 0 Å². The summed E-state index contributed by atoms with van der Waals surface area (Å²) in [6, 6.07) is 4.99. The summed E-state index contributed by atoms with van der Waals surface area (Å²) in [5.41, 5.74) is 0.957. The largest absolute Gasteiger partial charge is 0.434 e. The molecule has 2 unspecified atom stereocenters. The smallest absolute Gasteiger partial charge is 0.387 e. The second-order valence-electron chi connectivity index (χ2n) is 4.76. The Hall–Kier alpha value is -0.760. The molecule has 0 radical (unpaired) electrons. The topological polar surface area (TPSA) is 53.5 Å². The summed E-state index contributed by atoms with van der Waals surface area (Å²) < 4.78 is 29.1. The SMILES string of the molecule is OC1CNCC1CNCc1ccc(OC(F)F)c(Br)c1. The van der Waals surface area contributed by atoms with Crippen molar-refractivity contribution in [3.05, 3.63) is 28.2 Å². The van der Waals surface area contributed by atoms with E-state index in [1.165, 1.54) is 6.07 Å². The number of hydrogen-bond acceptors (Lipinski definition) is 4. The summed E-state index contributed by atoms with van der Waals surface area (Å²) in [6.07, 6.45) is -0.309. The summed E-state index contributed by atoms with van der Waals surface area (Å²) in [6.45, 7) is -0.0688. The lowest BCUT2D eigenvalue weighted by Gasteiger charge is -2.14. The summed E-state index contributed by atoms with van der Waals surface area (Å²) >= 11 is 3.21. The van der Waals surface area contributed by atoms with Crippen molar-refractivity contribution in [1.82, 2.24) is 10.6 Å². The fraction of sp³-hybridized carbons (Fsp3) is 0.538. The highest BCUT2D eigenvalue weighted by atomic mass is 79.9. The molecular weight excluding hydrogens is 334 g/mol. The lowest BCUT2D eigenvalue weighted by Crippen LogP contribution is -2.30. The molecule has 1 heterocycles. The first kappa shape index (κ1) is 15.6. The zero-order chi connectivity index (χ0) is 14.5. The van der Waals surface area contributed by atoms with Gasteiger partial charge >= 0.3 is 6.61 Å². The van der Waals surface area contributed by atoms with Crippen molar-refractivity contribution in [2.75, 3.05) is 19.6 Å². The average molecular weight is 351 g/mol. The third kappa shape index (κ3) is 4.37. The number of aliphatic hydroxyl groups is 1. The van der Waals surface area contributed by atoms with Gasteiger partial charge in [0.05, 0.1) is 10.6 Å². The number of alkyl halides is 2. The Morgan fingerprint density at radius 1 is 1.45 bits per heavy atom. The van der Waals surface area contributed by atoms with E-state index in [4.69, 9.17) is 0 Å². The molecule has 0 bridgehead atoms. The molecule has 2 rings (SSSR count). The van der Waals surface area contributed by atoms with E-state index in [-0.39, 0.29) is 17.8 Å². The van der Waals surface area contributed by atoms with Crippen LogP contribution in [0.1, 0.15) is 5.56 Å². The van der Waals surface area contributed by atoms with Gasteiger partial charge in [-0.15, -0.1) is 0 Å². The van der Waals surface area contributed by atoms with E-state index >= 15 is 0 Å². The number of β-amino-alcohol motifs (C(OH)–C–C–N with tert-alkyl or cyclic N) is 1. The van der Waals surface area contributed by atoms with Gasteiger partial charge in [-0.1, -0.05) is 6.07 Å². The molecule has 1 aromatic rings. The molecule has 2 atom stereocenters. The summed E-state index contributed by atoms with van der Waals surface area (Å²) in [4.78, 5) is 0. The Morgan fingerprint density at radius 2 is 2.25 bits per heavy atom. The van der Waals surface area contributed by atoms with Gasteiger partial charge in [-0.2, -0.15) is 8.78 Å². The Labute approximate surface area is 124 Å². The second-order valence-corrected chi connectivity index (χ2v) is 5.61. The van der Waals surface area contributed by atoms with E-state index in [9.17, 15) is 13.9 Å². The summed E-state index contributed by atoms with van der Waals surface area (Å²) in [7, 11) is 0. The van der Waals surface area contributed by atoms with Crippen LogP contribution in [-0.2, 0) is 6.54 Å². The minimum absolute atomic E-state index is 0.124. The van der Waals surface area contributed by atoms with E-state index in [0.29, 0.717) is 24.1 Å². The molecule has 112 valence electrons. The predicted octanol–water partition coefficient (Wildman–Crippen LogP) is 1.72. The number of benzene rings is 1. The predicted molar refractivity (Wildman–Crippen MR) is 74.8 cm³/mol. The first-order valence-electron chi connectivity index (χ1n) is 6.39. The normalized spacial score (nSPS) is 22.4. The van der Waals surface area contributed by atoms with E-state index < -0.39 is 6.61 Å². The number of rotatable bonds is 6. The fourth-order valence-corrected chi connectivity index (χ4v) is 2.69. The van der Waals surface area contributed by atoms with Crippen molar-refractivity contribution >= 4 is 15.9 Å². The van der Waals surface area contributed by atoms with Crippen LogP contribution >= 0.6 is 15.9 Å². The Balaban J connectivity index is 1.82. The fourth-order valence-electron chi connectivity index (χ4n) is 2.18. The van der Waals surface area contributed by atoms with Crippen molar-refractivity contribution in [3.63, 3.8) is 0 Å². The lowest BCUT2D eigenvalue weighted by atomic mass is 10.1. The standard InChI is InChI=1S/C13H17BrF2N2O2/c14-10-3-8(1-2-12(10)20-13(15)16)4-17-5-9-6-18-7-11(9)19/h1-3,9,11,13,17-19H,4-7H2. The quantitative estimate of drug-likeness (QED) is 0.731. The Kier molecular flexibility index (Phi) is 5.71. The van der Waals surface area contributed by atoms with Crippen LogP contribution in [0.5, 0.6) is 5.75 Å². The molecule has 0 aromatic heterocycles. The monoisotopic (exact) mass is 350 g/mol. The van der Waals surface area contributed by atoms with E-state index in [0.717, 1.165) is 12.1 Å². The van der Waals surface area contributed by atoms with Gasteiger partial charge in [0, 0.05) is 32.1 Å². The molecule has 0 aliphatic carbocycles. The van der Waals surface area contributed by atoms with E-state index in [2.05, 4.69) is 31.3 Å². The van der Waals surface area contributed by atoms with Crippen molar-refractivity contribution in [2.24, 2.45) is 5.92 Å². The maximum atomic E-state index is 12.1. The molecule has 0 amide bonds. The molecule has 7 heteroatoms. The first-order valence-corrected chi connectivity index (χ1v) is 7.18. The minimum Gasteiger partial charge on any atom is -0.434 e. The maximum absolute atomic E-state index is 12.1. The molecule has 1 aliphatic rings. The zero-order valence-corrected chi connectivity index (χ0v) is 12.4. The molecular formula is C13H17BrF2N2O2. The number of halogens is 3. The van der Waals surface area contributed by atoms with Crippen LogP contribution in [0.2, 0.25) is 0 Å². The highest BCUT2D eigenvalue weighted by molar-refractivity contribution is 9.10. The van der Waals surface area contributed by atoms with Gasteiger partial charge in [0.1, 0.15) is 5.75 Å². The van der Waals surface area contributed by atoms with Crippen molar-refractivity contribution in [1.29, 1.82) is 0 Å². The van der Waals surface area contributed by atoms with Crippen LogP contribution in [0, 0.1) is 5.92 Å². The van der Waals surface area contributed by atoms with Gasteiger partial charge in [-0.25, -0.2) is 0 Å².